The summed E-state index contributed by atoms with van der Waals surface area (Å²) < 4.78 is 0. The van der Waals surface area contributed by atoms with Gasteiger partial charge in [0.05, 0.1) is 10.7 Å². The first kappa shape index (κ1) is 10.7. The van der Waals surface area contributed by atoms with Crippen LogP contribution >= 0.6 is 11.6 Å². The first-order chi connectivity index (χ1) is 7.70. The zero-order valence-electron chi connectivity index (χ0n) is 8.74. The van der Waals surface area contributed by atoms with E-state index in [1.165, 1.54) is 6.20 Å². The van der Waals surface area contributed by atoms with E-state index in [1.807, 2.05) is 25.2 Å². The molecule has 82 valence electrons. The summed E-state index contributed by atoms with van der Waals surface area (Å²) in [5, 5.41) is 3.51. The molecule has 3 N–H and O–H groups in total. The van der Waals surface area contributed by atoms with Crippen molar-refractivity contribution in [3.63, 3.8) is 0 Å². The summed E-state index contributed by atoms with van der Waals surface area (Å²) in [6, 6.07) is 7.37. The van der Waals surface area contributed by atoms with Crippen molar-refractivity contribution in [2.75, 3.05) is 18.1 Å². The SMILES string of the molecule is CNc1cccc(-c2cc(N)ncc2Cl)n1. The Morgan fingerprint density at radius 1 is 1.38 bits per heavy atom. The van der Waals surface area contributed by atoms with E-state index in [4.69, 9.17) is 17.3 Å². The lowest BCUT2D eigenvalue weighted by Crippen LogP contribution is -1.95. The van der Waals surface area contributed by atoms with Crippen molar-refractivity contribution < 1.29 is 0 Å². The Morgan fingerprint density at radius 3 is 2.94 bits per heavy atom. The van der Waals surface area contributed by atoms with E-state index < -0.39 is 0 Å². The third-order valence-electron chi connectivity index (χ3n) is 2.16. The van der Waals surface area contributed by atoms with Gasteiger partial charge in [0.2, 0.25) is 0 Å². The molecule has 0 aliphatic carbocycles. The Bertz CT molecular complexity index is 513. The molecule has 0 saturated heterocycles. The van der Waals surface area contributed by atoms with Crippen LogP contribution in [0.4, 0.5) is 11.6 Å². The fourth-order valence-electron chi connectivity index (χ4n) is 1.38. The molecule has 0 amide bonds. The van der Waals surface area contributed by atoms with Crippen LogP contribution in [0.3, 0.4) is 0 Å². The molecule has 2 rings (SSSR count). The third kappa shape index (κ3) is 2.06. The van der Waals surface area contributed by atoms with Crippen LogP contribution in [0, 0.1) is 0 Å². The summed E-state index contributed by atoms with van der Waals surface area (Å²) in [6.45, 7) is 0. The van der Waals surface area contributed by atoms with Crippen LogP contribution in [0.15, 0.2) is 30.5 Å². The molecule has 0 spiro atoms. The first-order valence-corrected chi connectivity index (χ1v) is 5.14. The molecule has 4 nitrogen and oxygen atoms in total. The van der Waals surface area contributed by atoms with E-state index in [9.17, 15) is 0 Å². The summed E-state index contributed by atoms with van der Waals surface area (Å²) in [7, 11) is 1.81. The molecule has 5 heteroatoms. The van der Waals surface area contributed by atoms with Gasteiger partial charge >= 0.3 is 0 Å². The summed E-state index contributed by atoms with van der Waals surface area (Å²) in [5.41, 5.74) is 7.18. The molecule has 0 aliphatic heterocycles. The summed E-state index contributed by atoms with van der Waals surface area (Å²) in [4.78, 5) is 8.29. The minimum Gasteiger partial charge on any atom is -0.384 e. The minimum atomic E-state index is 0.427. The van der Waals surface area contributed by atoms with Crippen LogP contribution in [0.5, 0.6) is 0 Å². The molecule has 2 aromatic rings. The molecule has 0 saturated carbocycles. The van der Waals surface area contributed by atoms with E-state index in [1.54, 1.807) is 6.07 Å². The number of pyridine rings is 2. The third-order valence-corrected chi connectivity index (χ3v) is 2.46. The number of hydrogen-bond donors (Lipinski definition) is 2. The number of nitrogens with one attached hydrogen (secondary N) is 1. The fourth-order valence-corrected chi connectivity index (χ4v) is 1.58. The normalized spacial score (nSPS) is 10.1. The van der Waals surface area contributed by atoms with Crippen molar-refractivity contribution in [2.24, 2.45) is 0 Å². The number of anilines is 2. The first-order valence-electron chi connectivity index (χ1n) is 4.77. The molecule has 0 fully saturated rings. The van der Waals surface area contributed by atoms with E-state index in [-0.39, 0.29) is 0 Å². The zero-order valence-corrected chi connectivity index (χ0v) is 9.49. The second-order valence-electron chi connectivity index (χ2n) is 3.25. The van der Waals surface area contributed by atoms with Crippen LogP contribution in [-0.4, -0.2) is 17.0 Å². The van der Waals surface area contributed by atoms with Gasteiger partial charge in [-0.2, -0.15) is 0 Å². The Hall–Kier alpha value is -1.81. The van der Waals surface area contributed by atoms with Gasteiger partial charge in [-0.25, -0.2) is 9.97 Å². The fraction of sp³-hybridized carbons (Fsp3) is 0.0909. The maximum absolute atomic E-state index is 6.05. The second-order valence-corrected chi connectivity index (χ2v) is 3.65. The van der Waals surface area contributed by atoms with Crippen LogP contribution in [-0.2, 0) is 0 Å². The molecule has 16 heavy (non-hydrogen) atoms. The van der Waals surface area contributed by atoms with Crippen molar-refractivity contribution in [2.45, 2.75) is 0 Å². The summed E-state index contributed by atoms with van der Waals surface area (Å²) in [6.07, 6.45) is 1.53. The second kappa shape index (κ2) is 4.37. The molecular formula is C11H11ClN4. The number of nitrogens with two attached hydrogens (primary N) is 1. The predicted molar refractivity (Wildman–Crippen MR) is 66.4 cm³/mol. The van der Waals surface area contributed by atoms with Crippen molar-refractivity contribution in [1.82, 2.24) is 9.97 Å². The molecular weight excluding hydrogens is 224 g/mol. The van der Waals surface area contributed by atoms with Crippen molar-refractivity contribution >= 4 is 23.2 Å². The highest BCUT2D eigenvalue weighted by Crippen LogP contribution is 2.27. The number of hydrogen-bond acceptors (Lipinski definition) is 4. The molecule has 2 heterocycles. The van der Waals surface area contributed by atoms with Gasteiger partial charge in [-0.3, -0.25) is 0 Å². The number of rotatable bonds is 2. The largest absolute Gasteiger partial charge is 0.384 e. The van der Waals surface area contributed by atoms with Gasteiger partial charge in [0.15, 0.2) is 0 Å². The Balaban J connectivity index is 2.53. The highest BCUT2D eigenvalue weighted by Gasteiger charge is 2.06. The molecule has 0 unspecified atom stereocenters. The molecule has 0 bridgehead atoms. The van der Waals surface area contributed by atoms with Gasteiger partial charge in [-0.15, -0.1) is 0 Å². The maximum Gasteiger partial charge on any atom is 0.126 e. The predicted octanol–water partition coefficient (Wildman–Crippen LogP) is 2.42. The van der Waals surface area contributed by atoms with Gasteiger partial charge < -0.3 is 11.1 Å². The van der Waals surface area contributed by atoms with E-state index >= 15 is 0 Å². The van der Waals surface area contributed by atoms with Gasteiger partial charge in [0, 0.05) is 18.8 Å². The standard InChI is InChI=1S/C11H11ClN4/c1-14-11-4-2-3-9(16-11)7-5-10(13)15-6-8(7)12/h2-6H,1H3,(H2,13,15)(H,14,16). The highest BCUT2D eigenvalue weighted by molar-refractivity contribution is 6.33. The lowest BCUT2D eigenvalue weighted by molar-refractivity contribution is 1.27. The smallest absolute Gasteiger partial charge is 0.126 e. The van der Waals surface area contributed by atoms with Gasteiger partial charge in [0.25, 0.3) is 0 Å². The van der Waals surface area contributed by atoms with Gasteiger partial charge in [0.1, 0.15) is 11.6 Å². The lowest BCUT2D eigenvalue weighted by atomic mass is 10.1. The molecule has 0 atom stereocenters. The topological polar surface area (TPSA) is 63.8 Å². The summed E-state index contributed by atoms with van der Waals surface area (Å²) in [5.74, 6) is 1.21. The monoisotopic (exact) mass is 234 g/mol. The maximum atomic E-state index is 6.05. The Kier molecular flexibility index (Phi) is 2.92. The number of aromatic nitrogens is 2. The molecule has 0 aromatic carbocycles. The molecule has 0 radical (unpaired) electrons. The summed E-state index contributed by atoms with van der Waals surface area (Å²) >= 11 is 6.05. The van der Waals surface area contributed by atoms with Gasteiger partial charge in [-0.1, -0.05) is 17.7 Å². The van der Waals surface area contributed by atoms with Crippen LogP contribution in [0.2, 0.25) is 5.02 Å². The van der Waals surface area contributed by atoms with Crippen LogP contribution < -0.4 is 11.1 Å². The van der Waals surface area contributed by atoms with Crippen LogP contribution in [0.1, 0.15) is 0 Å². The number of halogens is 1. The quantitative estimate of drug-likeness (QED) is 0.838. The van der Waals surface area contributed by atoms with E-state index in [0.29, 0.717) is 10.8 Å². The number of nitrogen functional groups attached to an aromatic ring is 1. The van der Waals surface area contributed by atoms with E-state index in [2.05, 4.69) is 15.3 Å². The van der Waals surface area contributed by atoms with E-state index in [0.717, 1.165) is 17.1 Å². The molecule has 0 aliphatic rings. The lowest BCUT2D eigenvalue weighted by Gasteiger charge is -2.06. The molecule has 2 aromatic heterocycles. The zero-order chi connectivity index (χ0) is 11.5. The number of nitrogens with zero attached hydrogens (tertiary/aromatic N) is 2. The van der Waals surface area contributed by atoms with Gasteiger partial charge in [-0.05, 0) is 18.2 Å². The average molecular weight is 235 g/mol. The average Bonchev–Trinajstić information content (AvgIpc) is 2.32. The van der Waals surface area contributed by atoms with Crippen molar-refractivity contribution in [3.8, 4) is 11.3 Å². The Labute approximate surface area is 98.5 Å². The highest BCUT2D eigenvalue weighted by atomic mass is 35.5. The van der Waals surface area contributed by atoms with Crippen LogP contribution in [0.25, 0.3) is 11.3 Å². The minimum absolute atomic E-state index is 0.427. The van der Waals surface area contributed by atoms with Crippen molar-refractivity contribution in [3.05, 3.63) is 35.5 Å². The van der Waals surface area contributed by atoms with Crippen molar-refractivity contribution in [1.29, 1.82) is 0 Å². The Morgan fingerprint density at radius 2 is 2.19 bits per heavy atom.